The van der Waals surface area contributed by atoms with E-state index in [1.807, 2.05) is 0 Å². The third-order valence-corrected chi connectivity index (χ3v) is 3.59. The van der Waals surface area contributed by atoms with Crippen LogP contribution in [0.1, 0.15) is 5.56 Å². The molecular formula is C13H6Cl2F3N3O. The van der Waals surface area contributed by atoms with E-state index in [0.29, 0.717) is 11.0 Å². The van der Waals surface area contributed by atoms with Gasteiger partial charge in [-0.15, -0.1) is 0 Å². The van der Waals surface area contributed by atoms with E-state index in [0.717, 1.165) is 12.1 Å². The van der Waals surface area contributed by atoms with E-state index in [9.17, 15) is 18.0 Å². The molecule has 1 N–H and O–H groups in total. The van der Waals surface area contributed by atoms with Crippen molar-refractivity contribution in [3.8, 4) is 5.69 Å². The molecule has 2 aromatic heterocycles. The van der Waals surface area contributed by atoms with E-state index < -0.39 is 11.7 Å². The molecule has 1 aromatic carbocycles. The molecule has 0 fully saturated rings. The van der Waals surface area contributed by atoms with E-state index in [1.165, 1.54) is 23.0 Å². The van der Waals surface area contributed by atoms with Crippen molar-refractivity contribution in [3.05, 3.63) is 56.4 Å². The molecule has 0 radical (unpaired) electrons. The van der Waals surface area contributed by atoms with Crippen molar-refractivity contribution in [2.75, 3.05) is 0 Å². The highest BCUT2D eigenvalue weighted by atomic mass is 35.5. The predicted octanol–water partition coefficient (Wildman–Crippen LogP) is 4.04. The summed E-state index contributed by atoms with van der Waals surface area (Å²) in [5, 5.41) is 3.62. The predicted molar refractivity (Wildman–Crippen MR) is 76.7 cm³/mol. The van der Waals surface area contributed by atoms with E-state index in [1.54, 1.807) is 0 Å². The fraction of sp³-hybridized carbons (Fsp3) is 0.0769. The van der Waals surface area contributed by atoms with E-state index in [4.69, 9.17) is 23.2 Å². The van der Waals surface area contributed by atoms with Gasteiger partial charge in [-0.2, -0.15) is 18.3 Å². The summed E-state index contributed by atoms with van der Waals surface area (Å²) in [6.07, 6.45) is -3.19. The molecule has 0 aliphatic heterocycles. The van der Waals surface area contributed by atoms with Gasteiger partial charge < -0.3 is 4.98 Å². The number of fused-ring (bicyclic) bond motifs is 1. The first-order chi connectivity index (χ1) is 10.3. The Bertz CT molecular complexity index is 907. The fourth-order valence-electron chi connectivity index (χ4n) is 2.05. The van der Waals surface area contributed by atoms with Gasteiger partial charge in [0, 0.05) is 6.07 Å². The molecule has 0 bridgehead atoms. The lowest BCUT2D eigenvalue weighted by atomic mass is 10.2. The van der Waals surface area contributed by atoms with Gasteiger partial charge in [0.2, 0.25) is 5.56 Å². The highest BCUT2D eigenvalue weighted by Crippen LogP contribution is 2.37. The number of H-pyrrole nitrogens is 1. The van der Waals surface area contributed by atoms with Crippen molar-refractivity contribution in [2.24, 2.45) is 0 Å². The number of pyridine rings is 1. The van der Waals surface area contributed by atoms with Crippen LogP contribution in [-0.2, 0) is 6.18 Å². The summed E-state index contributed by atoms with van der Waals surface area (Å²) in [6.45, 7) is 0. The number of benzene rings is 1. The molecule has 22 heavy (non-hydrogen) atoms. The molecule has 3 rings (SSSR count). The van der Waals surface area contributed by atoms with Crippen LogP contribution in [0.3, 0.4) is 0 Å². The quantitative estimate of drug-likeness (QED) is 0.722. The summed E-state index contributed by atoms with van der Waals surface area (Å²) < 4.78 is 39.5. The third-order valence-electron chi connectivity index (χ3n) is 3.01. The highest BCUT2D eigenvalue weighted by molar-refractivity contribution is 6.38. The SMILES string of the molecule is O=c1ccc2c(cnn2-c2c(Cl)cc(C(F)(F)F)cc2Cl)[nH]1. The smallest absolute Gasteiger partial charge is 0.319 e. The number of hydrogen-bond acceptors (Lipinski definition) is 2. The number of alkyl halides is 3. The Balaban J connectivity index is 2.25. The molecule has 0 amide bonds. The number of aromatic nitrogens is 3. The summed E-state index contributed by atoms with van der Waals surface area (Å²) in [6, 6.07) is 4.31. The van der Waals surface area contributed by atoms with Crippen LogP contribution >= 0.6 is 23.2 Å². The largest absolute Gasteiger partial charge is 0.416 e. The minimum atomic E-state index is -4.55. The van der Waals surface area contributed by atoms with Gasteiger partial charge in [0.25, 0.3) is 0 Å². The normalized spacial score (nSPS) is 12.0. The Morgan fingerprint density at radius 1 is 1.14 bits per heavy atom. The molecule has 0 atom stereocenters. The molecule has 0 aliphatic carbocycles. The first-order valence-electron chi connectivity index (χ1n) is 5.91. The van der Waals surface area contributed by atoms with Crippen LogP contribution in [0.15, 0.2) is 35.3 Å². The maximum absolute atomic E-state index is 12.7. The standard InChI is InChI=1S/C13H6Cl2F3N3O/c14-7-3-6(13(16,17)18)4-8(15)12(7)21-10-1-2-11(22)20-9(10)5-19-21/h1-5H,(H,20,22). The lowest BCUT2D eigenvalue weighted by molar-refractivity contribution is -0.137. The Labute approximate surface area is 131 Å². The minimum Gasteiger partial charge on any atom is -0.319 e. The van der Waals surface area contributed by atoms with Crippen molar-refractivity contribution in [2.45, 2.75) is 6.18 Å². The van der Waals surface area contributed by atoms with Gasteiger partial charge in [-0.25, -0.2) is 4.68 Å². The molecule has 9 heteroatoms. The average molecular weight is 348 g/mol. The van der Waals surface area contributed by atoms with Gasteiger partial charge in [-0.05, 0) is 18.2 Å². The molecule has 0 saturated heterocycles. The Morgan fingerprint density at radius 3 is 2.36 bits per heavy atom. The maximum Gasteiger partial charge on any atom is 0.416 e. The highest BCUT2D eigenvalue weighted by Gasteiger charge is 2.32. The van der Waals surface area contributed by atoms with Crippen LogP contribution in [-0.4, -0.2) is 14.8 Å². The molecule has 4 nitrogen and oxygen atoms in total. The molecular weight excluding hydrogens is 342 g/mol. The Hall–Kier alpha value is -1.99. The van der Waals surface area contributed by atoms with Crippen molar-refractivity contribution in [1.82, 2.24) is 14.8 Å². The summed E-state index contributed by atoms with van der Waals surface area (Å²) in [4.78, 5) is 13.8. The molecule has 0 unspecified atom stereocenters. The van der Waals surface area contributed by atoms with Crippen LogP contribution in [0.5, 0.6) is 0 Å². The molecule has 0 aliphatic rings. The first kappa shape index (κ1) is 14.9. The second kappa shape index (κ2) is 5.03. The van der Waals surface area contributed by atoms with Gasteiger partial charge in [0.05, 0.1) is 32.8 Å². The van der Waals surface area contributed by atoms with Crippen molar-refractivity contribution >= 4 is 34.2 Å². The number of aromatic amines is 1. The van der Waals surface area contributed by atoms with Crippen LogP contribution in [0, 0.1) is 0 Å². The lowest BCUT2D eigenvalue weighted by Gasteiger charge is -2.12. The number of halogens is 5. The molecule has 0 saturated carbocycles. The van der Waals surface area contributed by atoms with Crippen molar-refractivity contribution in [1.29, 1.82) is 0 Å². The van der Waals surface area contributed by atoms with Gasteiger partial charge in [0.15, 0.2) is 0 Å². The Kier molecular flexibility index (Phi) is 3.41. The zero-order valence-corrected chi connectivity index (χ0v) is 12.1. The van der Waals surface area contributed by atoms with E-state index in [2.05, 4.69) is 10.1 Å². The Morgan fingerprint density at radius 2 is 1.77 bits per heavy atom. The van der Waals surface area contributed by atoms with Crippen molar-refractivity contribution < 1.29 is 13.2 Å². The topological polar surface area (TPSA) is 50.7 Å². The lowest BCUT2D eigenvalue weighted by Crippen LogP contribution is -2.07. The average Bonchev–Trinajstić information content (AvgIpc) is 2.80. The zero-order chi connectivity index (χ0) is 16.1. The summed E-state index contributed by atoms with van der Waals surface area (Å²) in [5.41, 5.74) is -0.283. The van der Waals surface area contributed by atoms with Gasteiger partial charge in [0.1, 0.15) is 5.69 Å². The molecule has 114 valence electrons. The first-order valence-corrected chi connectivity index (χ1v) is 6.66. The second-order valence-corrected chi connectivity index (χ2v) is 5.28. The monoisotopic (exact) mass is 347 g/mol. The van der Waals surface area contributed by atoms with Crippen LogP contribution < -0.4 is 5.56 Å². The van der Waals surface area contributed by atoms with Crippen LogP contribution in [0.4, 0.5) is 13.2 Å². The van der Waals surface area contributed by atoms with Crippen molar-refractivity contribution in [3.63, 3.8) is 0 Å². The summed E-state index contributed by atoms with van der Waals surface area (Å²) >= 11 is 11.9. The summed E-state index contributed by atoms with van der Waals surface area (Å²) in [7, 11) is 0. The van der Waals surface area contributed by atoms with Gasteiger partial charge in [-0.3, -0.25) is 4.79 Å². The van der Waals surface area contributed by atoms with Gasteiger partial charge >= 0.3 is 6.18 Å². The van der Waals surface area contributed by atoms with E-state index in [-0.39, 0.29) is 21.3 Å². The molecule has 0 spiro atoms. The van der Waals surface area contributed by atoms with E-state index >= 15 is 0 Å². The summed E-state index contributed by atoms with van der Waals surface area (Å²) in [5.74, 6) is 0. The zero-order valence-electron chi connectivity index (χ0n) is 10.6. The van der Waals surface area contributed by atoms with Crippen LogP contribution in [0.25, 0.3) is 16.7 Å². The minimum absolute atomic E-state index is 0.110. The van der Waals surface area contributed by atoms with Gasteiger partial charge in [-0.1, -0.05) is 23.2 Å². The second-order valence-electron chi connectivity index (χ2n) is 4.46. The fourth-order valence-corrected chi connectivity index (χ4v) is 2.70. The molecule has 2 heterocycles. The maximum atomic E-state index is 12.7. The molecule has 3 aromatic rings. The number of rotatable bonds is 1. The number of nitrogens with one attached hydrogen (secondary N) is 1. The third kappa shape index (κ3) is 2.46. The van der Waals surface area contributed by atoms with Crippen LogP contribution in [0.2, 0.25) is 10.0 Å². The number of hydrogen-bond donors (Lipinski definition) is 1. The number of nitrogens with zero attached hydrogens (tertiary/aromatic N) is 2.